The molecule has 0 saturated carbocycles. The van der Waals surface area contributed by atoms with Gasteiger partial charge in [0.05, 0.1) is 10.9 Å². The molecule has 0 radical (unpaired) electrons. The van der Waals surface area contributed by atoms with E-state index < -0.39 is 11.2 Å². The molecule has 0 aromatic carbocycles. The first-order valence-electron chi connectivity index (χ1n) is 11.9. The molecule has 1 fully saturated rings. The van der Waals surface area contributed by atoms with Crippen molar-refractivity contribution in [2.45, 2.75) is 66.3 Å². The van der Waals surface area contributed by atoms with E-state index in [9.17, 15) is 14.4 Å². The summed E-state index contributed by atoms with van der Waals surface area (Å²) in [5.41, 5.74) is 0.150. The van der Waals surface area contributed by atoms with E-state index in [-0.39, 0.29) is 28.4 Å². The highest BCUT2D eigenvalue weighted by atomic mass is 16.2. The molecule has 176 valence electrons. The predicted octanol–water partition coefficient (Wildman–Crippen LogP) is 2.72. The molecule has 2 aromatic rings. The molecular weight excluding hydrogens is 406 g/mol. The average molecular weight is 444 g/mol. The highest BCUT2D eigenvalue weighted by molar-refractivity contribution is 6.05. The molecule has 1 amide bonds. The first kappa shape index (κ1) is 24.2. The first-order valence-corrected chi connectivity index (χ1v) is 11.9. The van der Waals surface area contributed by atoms with Crippen molar-refractivity contribution in [1.29, 1.82) is 0 Å². The van der Waals surface area contributed by atoms with Gasteiger partial charge in [-0.3, -0.25) is 19.1 Å². The van der Waals surface area contributed by atoms with Gasteiger partial charge in [0.15, 0.2) is 5.65 Å². The molecule has 2 aromatic heterocycles. The Morgan fingerprint density at radius 1 is 1.22 bits per heavy atom. The van der Waals surface area contributed by atoms with Gasteiger partial charge in [0, 0.05) is 31.9 Å². The van der Waals surface area contributed by atoms with Crippen LogP contribution >= 0.6 is 0 Å². The normalized spacial score (nSPS) is 19.6. The zero-order valence-electron chi connectivity index (χ0n) is 20.0. The van der Waals surface area contributed by atoms with Gasteiger partial charge in [-0.15, -0.1) is 0 Å². The summed E-state index contributed by atoms with van der Waals surface area (Å²) in [6.07, 6.45) is 3.20. The van der Waals surface area contributed by atoms with Gasteiger partial charge in [-0.2, -0.15) is 0 Å². The monoisotopic (exact) mass is 443 g/mol. The lowest BCUT2D eigenvalue weighted by Crippen LogP contribution is -2.39. The van der Waals surface area contributed by atoms with Crippen molar-refractivity contribution in [2.75, 3.05) is 26.2 Å². The number of piperidine rings is 1. The summed E-state index contributed by atoms with van der Waals surface area (Å²) in [6.45, 7) is 14.6. The minimum absolute atomic E-state index is 0.0555. The van der Waals surface area contributed by atoms with Crippen LogP contribution in [-0.4, -0.2) is 51.5 Å². The van der Waals surface area contributed by atoms with Gasteiger partial charge < -0.3 is 10.2 Å². The highest BCUT2D eigenvalue weighted by Crippen LogP contribution is 2.21. The molecule has 0 bridgehead atoms. The van der Waals surface area contributed by atoms with Crippen molar-refractivity contribution >= 4 is 16.9 Å². The Bertz CT molecular complexity index is 1060. The Kier molecular flexibility index (Phi) is 7.87. The van der Waals surface area contributed by atoms with Crippen LogP contribution in [0, 0.1) is 11.8 Å². The van der Waals surface area contributed by atoms with E-state index in [1.54, 1.807) is 6.07 Å². The molecule has 32 heavy (non-hydrogen) atoms. The number of nitrogens with zero attached hydrogens (tertiary/aromatic N) is 3. The maximum absolute atomic E-state index is 13.0. The SMILES string of the molecule is CCn1c(=O)[nH]c(=O)c2c(C(=O)NCCCCN3C[C@@H](C)C[C@H](C)C3)cc(C(C)C)nc21. The van der Waals surface area contributed by atoms with Gasteiger partial charge in [0.1, 0.15) is 0 Å². The number of rotatable bonds is 8. The zero-order valence-corrected chi connectivity index (χ0v) is 20.0. The number of likely N-dealkylation sites (tertiary alicyclic amines) is 1. The molecule has 1 aliphatic heterocycles. The van der Waals surface area contributed by atoms with Gasteiger partial charge in [0.25, 0.3) is 11.5 Å². The fraction of sp³-hybridized carbons (Fsp3) is 0.667. The number of pyridine rings is 1. The number of carbonyl (C=O) groups excluding carboxylic acids is 1. The summed E-state index contributed by atoms with van der Waals surface area (Å²) in [5.74, 6) is 1.24. The number of carbonyl (C=O) groups is 1. The largest absolute Gasteiger partial charge is 0.352 e. The maximum atomic E-state index is 13.0. The van der Waals surface area contributed by atoms with Crippen molar-refractivity contribution in [3.05, 3.63) is 38.2 Å². The van der Waals surface area contributed by atoms with Crippen LogP contribution in [0.1, 0.15) is 75.9 Å². The number of fused-ring (bicyclic) bond motifs is 1. The van der Waals surface area contributed by atoms with Gasteiger partial charge in [-0.05, 0) is 56.6 Å². The smallest absolute Gasteiger partial charge is 0.329 e. The number of aryl methyl sites for hydroxylation is 1. The van der Waals surface area contributed by atoms with Gasteiger partial charge >= 0.3 is 5.69 Å². The minimum atomic E-state index is -0.573. The van der Waals surface area contributed by atoms with E-state index in [1.165, 1.54) is 11.0 Å². The maximum Gasteiger partial charge on any atom is 0.329 e. The Hall–Kier alpha value is -2.48. The van der Waals surface area contributed by atoms with Gasteiger partial charge in [-0.1, -0.05) is 27.7 Å². The number of aromatic nitrogens is 3. The van der Waals surface area contributed by atoms with Crippen LogP contribution in [0.5, 0.6) is 0 Å². The van der Waals surface area contributed by atoms with E-state index in [2.05, 4.69) is 34.0 Å². The second-order valence-electron chi connectivity index (χ2n) is 9.62. The lowest BCUT2D eigenvalue weighted by atomic mass is 9.92. The number of amides is 1. The summed E-state index contributed by atoms with van der Waals surface area (Å²) < 4.78 is 1.40. The molecule has 3 heterocycles. The molecular formula is C24H37N5O3. The summed E-state index contributed by atoms with van der Waals surface area (Å²) in [7, 11) is 0. The molecule has 8 heteroatoms. The summed E-state index contributed by atoms with van der Waals surface area (Å²) in [6, 6.07) is 1.68. The molecule has 1 aliphatic rings. The van der Waals surface area contributed by atoms with E-state index in [1.807, 2.05) is 20.8 Å². The Morgan fingerprint density at radius 3 is 2.53 bits per heavy atom. The Balaban J connectivity index is 1.72. The second-order valence-corrected chi connectivity index (χ2v) is 9.62. The van der Waals surface area contributed by atoms with Crippen LogP contribution in [0.25, 0.3) is 11.0 Å². The number of unbranched alkanes of at least 4 members (excludes halogenated alkanes) is 1. The third-order valence-electron chi connectivity index (χ3n) is 6.25. The van der Waals surface area contributed by atoms with Crippen LogP contribution < -0.4 is 16.6 Å². The van der Waals surface area contributed by atoms with Crippen LogP contribution in [0.15, 0.2) is 15.7 Å². The predicted molar refractivity (Wildman–Crippen MR) is 127 cm³/mol. The highest BCUT2D eigenvalue weighted by Gasteiger charge is 2.22. The number of hydrogen-bond acceptors (Lipinski definition) is 5. The molecule has 3 rings (SSSR count). The second kappa shape index (κ2) is 10.4. The molecule has 0 aliphatic carbocycles. The standard InChI is InChI=1S/C24H37N5O3/c1-6-29-21-20(23(31)27-24(29)32)18(12-19(26-21)15(2)3)22(30)25-9-7-8-10-28-13-16(4)11-17(5)14-28/h12,15-17H,6-11,13-14H2,1-5H3,(H,25,30)(H,27,31,32)/t16-,17-/m0/s1. The fourth-order valence-corrected chi connectivity index (χ4v) is 4.79. The minimum Gasteiger partial charge on any atom is -0.352 e. The van der Waals surface area contributed by atoms with Gasteiger partial charge in [-0.25, -0.2) is 9.78 Å². The molecule has 0 spiro atoms. The molecule has 2 atom stereocenters. The third-order valence-corrected chi connectivity index (χ3v) is 6.25. The molecule has 1 saturated heterocycles. The fourth-order valence-electron chi connectivity index (χ4n) is 4.79. The lowest BCUT2D eigenvalue weighted by molar-refractivity contribution is 0.0953. The molecule has 8 nitrogen and oxygen atoms in total. The Labute approximate surface area is 189 Å². The van der Waals surface area contributed by atoms with Crippen LogP contribution in [0.3, 0.4) is 0 Å². The van der Waals surface area contributed by atoms with Crippen molar-refractivity contribution < 1.29 is 4.79 Å². The first-order chi connectivity index (χ1) is 15.2. The van der Waals surface area contributed by atoms with Crippen LogP contribution in [0.2, 0.25) is 0 Å². The summed E-state index contributed by atoms with van der Waals surface area (Å²) in [5, 5.41) is 3.14. The van der Waals surface area contributed by atoms with Crippen molar-refractivity contribution in [3.63, 3.8) is 0 Å². The average Bonchev–Trinajstić information content (AvgIpc) is 2.72. The van der Waals surface area contributed by atoms with Gasteiger partial charge in [0.2, 0.25) is 0 Å². The van der Waals surface area contributed by atoms with Crippen molar-refractivity contribution in [3.8, 4) is 0 Å². The van der Waals surface area contributed by atoms with E-state index in [4.69, 9.17) is 0 Å². The third kappa shape index (κ3) is 5.46. The topological polar surface area (TPSA) is 100 Å². The zero-order chi connectivity index (χ0) is 23.4. The summed E-state index contributed by atoms with van der Waals surface area (Å²) >= 11 is 0. The number of aromatic amines is 1. The molecule has 0 unspecified atom stereocenters. The van der Waals surface area contributed by atoms with E-state index >= 15 is 0 Å². The Morgan fingerprint density at radius 2 is 1.91 bits per heavy atom. The number of nitrogens with one attached hydrogen (secondary N) is 2. The molecule has 2 N–H and O–H groups in total. The van der Waals surface area contributed by atoms with Crippen molar-refractivity contribution in [2.24, 2.45) is 11.8 Å². The van der Waals surface area contributed by atoms with Crippen molar-refractivity contribution in [1.82, 2.24) is 24.8 Å². The number of H-pyrrole nitrogens is 1. The van der Waals surface area contributed by atoms with Crippen LogP contribution in [0.4, 0.5) is 0 Å². The number of hydrogen-bond donors (Lipinski definition) is 2. The summed E-state index contributed by atoms with van der Waals surface area (Å²) in [4.78, 5) is 47.2. The lowest BCUT2D eigenvalue weighted by Gasteiger charge is -2.34. The quantitative estimate of drug-likeness (QED) is 0.611. The van der Waals surface area contributed by atoms with E-state index in [0.29, 0.717) is 18.8 Å². The van der Waals surface area contributed by atoms with E-state index in [0.717, 1.165) is 44.3 Å². The van der Waals surface area contributed by atoms with Crippen LogP contribution in [-0.2, 0) is 6.54 Å².